The molecule has 0 bridgehead atoms. The molecule has 4 heterocycles. The molecule has 2 aromatic heterocycles. The number of amides is 2. The lowest BCUT2D eigenvalue weighted by atomic mass is 9.61. The van der Waals surface area contributed by atoms with E-state index in [-0.39, 0.29) is 17.2 Å². The molecule has 1 aliphatic carbocycles. The van der Waals surface area contributed by atoms with Crippen molar-refractivity contribution in [3.63, 3.8) is 0 Å². The second-order valence-electron chi connectivity index (χ2n) is 11.6. The molecule has 44 heavy (non-hydrogen) atoms. The van der Waals surface area contributed by atoms with Crippen LogP contribution >= 0.6 is 9.24 Å². The molecule has 3 N–H and O–H groups in total. The van der Waals surface area contributed by atoms with Gasteiger partial charge in [-0.1, -0.05) is 6.07 Å². The van der Waals surface area contributed by atoms with Crippen molar-refractivity contribution in [2.24, 2.45) is 11.1 Å². The van der Waals surface area contributed by atoms with E-state index in [1.165, 1.54) is 0 Å². The van der Waals surface area contributed by atoms with Gasteiger partial charge in [-0.2, -0.15) is 5.26 Å². The van der Waals surface area contributed by atoms with Crippen LogP contribution in [0.25, 0.3) is 11.3 Å². The summed E-state index contributed by atoms with van der Waals surface area (Å²) in [6, 6.07) is 14.3. The average molecular weight is 615 g/mol. The molecule has 3 unspecified atom stereocenters. The summed E-state index contributed by atoms with van der Waals surface area (Å²) in [4.78, 5) is 37.2. The number of carbonyl (C=O) groups is 2. The minimum Gasteiger partial charge on any atom is -0.488 e. The third-order valence-corrected chi connectivity index (χ3v) is 8.84. The van der Waals surface area contributed by atoms with E-state index in [9.17, 15) is 14.9 Å². The number of hydrogen-bond acceptors (Lipinski definition) is 9. The van der Waals surface area contributed by atoms with Gasteiger partial charge in [0.25, 0.3) is 5.91 Å². The van der Waals surface area contributed by atoms with E-state index in [2.05, 4.69) is 30.5 Å². The van der Waals surface area contributed by atoms with E-state index >= 15 is 0 Å². The standard InChI is InChI=1S/C32H35N6O5P/c1-2-41-31-22(5-3-11-35-31)23-8-10-26(28(36-23)30(40)37-27(29(34)39)25-6-4-12-42-25)43-20-14-32(15-20)17-38(18-32)24-9-7-21(44)13-19(24)16-33/h3,5,7-11,13,20,25,27H,2,4,6,12,14-15,17-18,44H2,1H3,(H2,34,39)(H,37,40). The lowest BCUT2D eigenvalue weighted by Crippen LogP contribution is -2.65. The van der Waals surface area contributed by atoms with Crippen LogP contribution < -0.4 is 30.7 Å². The van der Waals surface area contributed by atoms with Gasteiger partial charge in [-0.25, -0.2) is 9.97 Å². The molecule has 1 spiro atoms. The summed E-state index contributed by atoms with van der Waals surface area (Å²) in [7, 11) is 2.63. The van der Waals surface area contributed by atoms with Crippen molar-refractivity contribution in [3.05, 3.63) is 59.9 Å². The van der Waals surface area contributed by atoms with Gasteiger partial charge in [-0.15, -0.1) is 9.24 Å². The topological polar surface area (TPSA) is 153 Å². The molecule has 3 fully saturated rings. The Hall–Kier alpha value is -4.26. The Labute approximate surface area is 258 Å². The fourth-order valence-electron chi connectivity index (χ4n) is 6.39. The van der Waals surface area contributed by atoms with Gasteiger partial charge < -0.3 is 30.2 Å². The van der Waals surface area contributed by atoms with E-state index < -0.39 is 24.0 Å². The molecule has 2 saturated heterocycles. The smallest absolute Gasteiger partial charge is 0.274 e. The van der Waals surface area contributed by atoms with Crippen LogP contribution in [0.5, 0.6) is 11.6 Å². The minimum atomic E-state index is -0.993. The Morgan fingerprint density at radius 1 is 1.27 bits per heavy atom. The van der Waals surface area contributed by atoms with Crippen molar-refractivity contribution in [2.75, 3.05) is 31.2 Å². The summed E-state index contributed by atoms with van der Waals surface area (Å²) in [5, 5.41) is 13.3. The number of rotatable bonds is 10. The number of nitriles is 1. The SMILES string of the molecule is CCOc1ncccc1-c1ccc(OC2CC3(C2)CN(c2ccc(P)cc2C#N)C3)c(C(=O)NC(C(N)=O)C2CCCO2)n1. The number of nitrogens with zero attached hydrogens (tertiary/aromatic N) is 4. The first-order chi connectivity index (χ1) is 21.3. The Kier molecular flexibility index (Phi) is 8.39. The van der Waals surface area contributed by atoms with Gasteiger partial charge in [0, 0.05) is 31.3 Å². The zero-order chi connectivity index (χ0) is 30.8. The lowest BCUT2D eigenvalue weighted by molar-refractivity contribution is -0.122. The van der Waals surface area contributed by atoms with Crippen LogP contribution in [0.3, 0.4) is 0 Å². The predicted molar refractivity (Wildman–Crippen MR) is 167 cm³/mol. The molecule has 3 aromatic rings. The Balaban J connectivity index is 1.21. The van der Waals surface area contributed by atoms with Gasteiger partial charge in [0.05, 0.1) is 35.2 Å². The third-order valence-electron chi connectivity index (χ3n) is 8.48. The van der Waals surface area contributed by atoms with Crippen LogP contribution in [0, 0.1) is 16.7 Å². The summed E-state index contributed by atoms with van der Waals surface area (Å²) in [5.74, 6) is -0.521. The normalized spacial score (nSPS) is 19.4. The molecule has 2 aliphatic heterocycles. The van der Waals surface area contributed by atoms with E-state index in [0.717, 1.165) is 43.3 Å². The number of nitrogens with one attached hydrogen (secondary N) is 1. The molecule has 0 radical (unpaired) electrons. The quantitative estimate of drug-likeness (QED) is 0.328. The summed E-state index contributed by atoms with van der Waals surface area (Å²) in [6.07, 6.45) is 4.06. The number of nitrogens with two attached hydrogens (primary N) is 1. The Morgan fingerprint density at radius 3 is 2.80 bits per heavy atom. The molecule has 6 rings (SSSR count). The zero-order valence-electron chi connectivity index (χ0n) is 24.5. The van der Waals surface area contributed by atoms with E-state index in [0.29, 0.717) is 48.1 Å². The van der Waals surface area contributed by atoms with Crippen molar-refractivity contribution in [1.82, 2.24) is 15.3 Å². The third kappa shape index (κ3) is 5.92. The fourth-order valence-corrected chi connectivity index (χ4v) is 6.66. The first kappa shape index (κ1) is 29.8. The van der Waals surface area contributed by atoms with Crippen LogP contribution in [0.4, 0.5) is 5.69 Å². The first-order valence-electron chi connectivity index (χ1n) is 14.8. The second-order valence-corrected chi connectivity index (χ2v) is 12.3. The molecule has 2 amide bonds. The van der Waals surface area contributed by atoms with Gasteiger partial charge in [0.2, 0.25) is 11.8 Å². The number of carbonyl (C=O) groups excluding carboxylic acids is 2. The van der Waals surface area contributed by atoms with E-state index in [1.54, 1.807) is 24.4 Å². The number of hydrogen-bond donors (Lipinski definition) is 2. The minimum absolute atomic E-state index is 0.0467. The number of pyridine rings is 2. The fraction of sp³-hybridized carbons (Fsp3) is 0.406. The highest BCUT2D eigenvalue weighted by molar-refractivity contribution is 7.27. The van der Waals surface area contributed by atoms with Gasteiger partial charge in [0.15, 0.2) is 11.4 Å². The largest absolute Gasteiger partial charge is 0.488 e. The van der Waals surface area contributed by atoms with E-state index in [4.69, 9.17) is 24.9 Å². The summed E-state index contributed by atoms with van der Waals surface area (Å²) in [5.41, 5.74) is 8.54. The summed E-state index contributed by atoms with van der Waals surface area (Å²) in [6.45, 7) is 4.47. The van der Waals surface area contributed by atoms with Crippen molar-refractivity contribution < 1.29 is 23.8 Å². The van der Waals surface area contributed by atoms with Gasteiger partial charge in [-0.05, 0) is 74.3 Å². The molecule has 228 valence electrons. The molecule has 1 aromatic carbocycles. The molecule has 1 saturated carbocycles. The number of anilines is 1. The Bertz CT molecular complexity index is 1610. The monoisotopic (exact) mass is 614 g/mol. The van der Waals surface area contributed by atoms with Crippen LogP contribution in [0.2, 0.25) is 0 Å². The lowest BCUT2D eigenvalue weighted by Gasteiger charge is -2.59. The maximum atomic E-state index is 13.7. The molecule has 11 nitrogen and oxygen atoms in total. The van der Waals surface area contributed by atoms with Gasteiger partial charge in [0.1, 0.15) is 18.2 Å². The Morgan fingerprint density at radius 2 is 2.09 bits per heavy atom. The zero-order valence-corrected chi connectivity index (χ0v) is 25.6. The molecule has 12 heteroatoms. The molecule has 3 atom stereocenters. The number of primary amides is 1. The highest BCUT2D eigenvalue weighted by Gasteiger charge is 2.54. The maximum Gasteiger partial charge on any atom is 0.274 e. The van der Waals surface area contributed by atoms with Crippen molar-refractivity contribution in [3.8, 4) is 29.0 Å². The van der Waals surface area contributed by atoms with Crippen molar-refractivity contribution in [1.29, 1.82) is 5.26 Å². The van der Waals surface area contributed by atoms with Crippen LogP contribution in [0.15, 0.2) is 48.7 Å². The van der Waals surface area contributed by atoms with Crippen molar-refractivity contribution >= 4 is 32.0 Å². The number of benzene rings is 1. The summed E-state index contributed by atoms with van der Waals surface area (Å²) < 4.78 is 17.7. The van der Waals surface area contributed by atoms with E-state index in [1.807, 2.05) is 31.2 Å². The highest BCUT2D eigenvalue weighted by atomic mass is 31.0. The average Bonchev–Trinajstić information content (AvgIpc) is 3.51. The van der Waals surface area contributed by atoms with Gasteiger partial charge >= 0.3 is 0 Å². The van der Waals surface area contributed by atoms with Crippen LogP contribution in [-0.4, -0.2) is 66.3 Å². The summed E-state index contributed by atoms with van der Waals surface area (Å²) >= 11 is 0. The number of aromatic nitrogens is 2. The predicted octanol–water partition coefficient (Wildman–Crippen LogP) is 2.72. The second kappa shape index (κ2) is 12.4. The highest BCUT2D eigenvalue weighted by Crippen LogP contribution is 2.51. The van der Waals surface area contributed by atoms with Crippen LogP contribution in [0.1, 0.15) is 48.7 Å². The number of ether oxygens (including phenoxy) is 3. The maximum absolute atomic E-state index is 13.7. The van der Waals surface area contributed by atoms with Crippen LogP contribution in [-0.2, 0) is 9.53 Å². The molecule has 3 aliphatic rings. The first-order valence-corrected chi connectivity index (χ1v) is 15.4. The van der Waals surface area contributed by atoms with Crippen molar-refractivity contribution in [2.45, 2.75) is 50.9 Å². The van der Waals surface area contributed by atoms with Gasteiger partial charge in [-0.3, -0.25) is 9.59 Å². The molecular formula is C32H35N6O5P. The molecular weight excluding hydrogens is 579 g/mol.